The van der Waals surface area contributed by atoms with Gasteiger partial charge in [0.1, 0.15) is 5.82 Å². The molecule has 2 aromatic rings. The van der Waals surface area contributed by atoms with Crippen LogP contribution in [0.3, 0.4) is 0 Å². The highest BCUT2D eigenvalue weighted by Gasteiger charge is 2.35. The SMILES string of the molecule is C/C=C/C1CCC2CC(c3ccc(-c4ccc(F)c(F)c4)c(F)c3)CCC2C1. The summed E-state index contributed by atoms with van der Waals surface area (Å²) in [5.41, 5.74) is 1.73. The molecule has 2 fully saturated rings. The lowest BCUT2D eigenvalue weighted by atomic mass is 9.64. The van der Waals surface area contributed by atoms with Crippen LogP contribution in [-0.2, 0) is 0 Å². The van der Waals surface area contributed by atoms with Crippen LogP contribution in [0.15, 0.2) is 48.6 Å². The molecule has 4 rings (SSSR count). The van der Waals surface area contributed by atoms with E-state index in [9.17, 15) is 13.2 Å². The fourth-order valence-electron chi connectivity index (χ4n) is 5.36. The third kappa shape index (κ3) is 3.90. The molecule has 2 aliphatic rings. The first-order valence-electron chi connectivity index (χ1n) is 10.4. The van der Waals surface area contributed by atoms with Crippen LogP contribution in [0.25, 0.3) is 11.1 Å². The van der Waals surface area contributed by atoms with E-state index in [4.69, 9.17) is 0 Å². The van der Waals surface area contributed by atoms with Crippen LogP contribution in [0.4, 0.5) is 13.2 Å². The van der Waals surface area contributed by atoms with Gasteiger partial charge in [-0.25, -0.2) is 13.2 Å². The fourth-order valence-corrected chi connectivity index (χ4v) is 5.36. The third-order valence-corrected chi connectivity index (χ3v) is 6.81. The number of halogens is 3. The van der Waals surface area contributed by atoms with Crippen molar-refractivity contribution in [1.82, 2.24) is 0 Å². The number of allylic oxidation sites excluding steroid dienone is 2. The Bertz CT molecular complexity index is 870. The largest absolute Gasteiger partial charge is 0.206 e. The van der Waals surface area contributed by atoms with Crippen molar-refractivity contribution < 1.29 is 13.2 Å². The van der Waals surface area contributed by atoms with Crippen molar-refractivity contribution in [3.05, 3.63) is 71.6 Å². The van der Waals surface area contributed by atoms with Gasteiger partial charge in [0.25, 0.3) is 0 Å². The second-order valence-corrected chi connectivity index (χ2v) is 8.50. The molecule has 2 aliphatic carbocycles. The maximum absolute atomic E-state index is 14.8. The van der Waals surface area contributed by atoms with Crippen molar-refractivity contribution in [3.63, 3.8) is 0 Å². The Morgan fingerprint density at radius 2 is 1.57 bits per heavy atom. The van der Waals surface area contributed by atoms with Crippen molar-refractivity contribution in [3.8, 4) is 11.1 Å². The van der Waals surface area contributed by atoms with E-state index in [1.807, 2.05) is 6.07 Å². The first-order valence-corrected chi connectivity index (χ1v) is 10.4. The third-order valence-electron chi connectivity index (χ3n) is 6.81. The number of hydrogen-bond acceptors (Lipinski definition) is 0. The minimum absolute atomic E-state index is 0.322. The van der Waals surface area contributed by atoms with Gasteiger partial charge in [-0.15, -0.1) is 0 Å². The zero-order valence-electron chi connectivity index (χ0n) is 16.3. The molecule has 0 bridgehead atoms. The highest BCUT2D eigenvalue weighted by atomic mass is 19.2. The van der Waals surface area contributed by atoms with Crippen molar-refractivity contribution in [2.24, 2.45) is 17.8 Å². The predicted octanol–water partition coefficient (Wildman–Crippen LogP) is 7.65. The molecule has 0 N–H and O–H groups in total. The molecule has 0 amide bonds. The monoisotopic (exact) mass is 384 g/mol. The topological polar surface area (TPSA) is 0 Å². The Hall–Kier alpha value is -2.03. The Kier molecular flexibility index (Phi) is 5.61. The lowest BCUT2D eigenvalue weighted by molar-refractivity contribution is 0.133. The van der Waals surface area contributed by atoms with Gasteiger partial charge in [-0.1, -0.05) is 30.4 Å². The van der Waals surface area contributed by atoms with Gasteiger partial charge in [-0.05, 0) is 98.4 Å². The van der Waals surface area contributed by atoms with E-state index in [1.165, 1.54) is 31.7 Å². The van der Waals surface area contributed by atoms with Gasteiger partial charge in [0.05, 0.1) is 0 Å². The molecule has 2 aromatic carbocycles. The summed E-state index contributed by atoms with van der Waals surface area (Å²) in [6.07, 6.45) is 11.8. The zero-order valence-corrected chi connectivity index (χ0v) is 16.3. The summed E-state index contributed by atoms with van der Waals surface area (Å²) in [6.45, 7) is 2.10. The Morgan fingerprint density at radius 1 is 0.786 bits per heavy atom. The number of hydrogen-bond donors (Lipinski definition) is 0. The molecular weight excluding hydrogens is 357 g/mol. The molecule has 0 spiro atoms. The van der Waals surface area contributed by atoms with Crippen molar-refractivity contribution in [2.75, 3.05) is 0 Å². The number of benzene rings is 2. The normalized spacial score (nSPS) is 27.7. The predicted molar refractivity (Wildman–Crippen MR) is 107 cm³/mol. The van der Waals surface area contributed by atoms with Gasteiger partial charge in [0, 0.05) is 5.56 Å². The molecule has 0 nitrogen and oxygen atoms in total. The summed E-state index contributed by atoms with van der Waals surface area (Å²) < 4.78 is 41.4. The summed E-state index contributed by atoms with van der Waals surface area (Å²) in [5, 5.41) is 0. The average Bonchev–Trinajstić information content (AvgIpc) is 2.70. The Labute approximate surface area is 165 Å². The van der Waals surface area contributed by atoms with Gasteiger partial charge in [-0.2, -0.15) is 0 Å². The molecular formula is C25H27F3. The Morgan fingerprint density at radius 3 is 2.32 bits per heavy atom. The molecule has 148 valence electrons. The van der Waals surface area contributed by atoms with Crippen LogP contribution in [0.1, 0.15) is 56.9 Å². The molecule has 0 heterocycles. The highest BCUT2D eigenvalue weighted by molar-refractivity contribution is 5.64. The van der Waals surface area contributed by atoms with Crippen molar-refractivity contribution >= 4 is 0 Å². The molecule has 0 aromatic heterocycles. The smallest absolute Gasteiger partial charge is 0.159 e. The Balaban J connectivity index is 1.49. The summed E-state index contributed by atoms with van der Waals surface area (Å²) in [4.78, 5) is 0. The first-order chi connectivity index (χ1) is 13.5. The van der Waals surface area contributed by atoms with Crippen LogP contribution >= 0.6 is 0 Å². The quantitative estimate of drug-likeness (QED) is 0.477. The zero-order chi connectivity index (χ0) is 19.7. The number of fused-ring (bicyclic) bond motifs is 1. The van der Waals surface area contributed by atoms with E-state index in [0.29, 0.717) is 17.0 Å². The summed E-state index contributed by atoms with van der Waals surface area (Å²) in [7, 11) is 0. The molecule has 4 unspecified atom stereocenters. The van der Waals surface area contributed by atoms with Gasteiger partial charge < -0.3 is 0 Å². The van der Waals surface area contributed by atoms with Gasteiger partial charge in [-0.3, -0.25) is 0 Å². The number of rotatable bonds is 3. The van der Waals surface area contributed by atoms with Gasteiger partial charge >= 0.3 is 0 Å². The van der Waals surface area contributed by atoms with Crippen LogP contribution < -0.4 is 0 Å². The lowest BCUT2D eigenvalue weighted by Crippen LogP contribution is -2.30. The molecule has 0 radical (unpaired) electrons. The maximum atomic E-state index is 14.8. The fraction of sp³-hybridized carbons (Fsp3) is 0.440. The molecule has 3 heteroatoms. The van der Waals surface area contributed by atoms with Crippen LogP contribution in [0, 0.1) is 35.2 Å². The lowest BCUT2D eigenvalue weighted by Gasteiger charge is -2.41. The highest BCUT2D eigenvalue weighted by Crippen LogP contribution is 2.48. The van der Waals surface area contributed by atoms with Crippen molar-refractivity contribution in [2.45, 2.75) is 51.4 Å². The summed E-state index contributed by atoms with van der Waals surface area (Å²) >= 11 is 0. The van der Waals surface area contributed by atoms with Crippen LogP contribution in [0.2, 0.25) is 0 Å². The van der Waals surface area contributed by atoms with Crippen molar-refractivity contribution in [1.29, 1.82) is 0 Å². The standard InChI is InChI=1S/C25H27F3/c1-2-3-16-4-5-18-13-19(7-6-17(18)12-16)20-8-10-22(24(27)14-20)21-9-11-23(26)25(28)15-21/h2-3,8-11,14-19H,4-7,12-13H2,1H3/b3-2+. The molecule has 28 heavy (non-hydrogen) atoms. The van der Waals surface area contributed by atoms with E-state index in [-0.39, 0.29) is 5.82 Å². The molecule has 0 saturated heterocycles. The average molecular weight is 384 g/mol. The van der Waals surface area contributed by atoms with E-state index >= 15 is 0 Å². The van der Waals surface area contributed by atoms with Gasteiger partial charge in [0.2, 0.25) is 0 Å². The molecule has 0 aliphatic heterocycles. The summed E-state index contributed by atoms with van der Waals surface area (Å²) in [6, 6.07) is 8.81. The van der Waals surface area contributed by atoms with E-state index in [2.05, 4.69) is 19.1 Å². The summed E-state index contributed by atoms with van der Waals surface area (Å²) in [5.74, 6) is 0.451. The maximum Gasteiger partial charge on any atom is 0.159 e. The minimum Gasteiger partial charge on any atom is -0.206 e. The minimum atomic E-state index is -0.951. The van der Waals surface area contributed by atoms with E-state index < -0.39 is 11.6 Å². The first kappa shape index (κ1) is 19.3. The van der Waals surface area contributed by atoms with Crippen LogP contribution in [-0.4, -0.2) is 0 Å². The van der Waals surface area contributed by atoms with E-state index in [1.54, 1.807) is 12.1 Å². The van der Waals surface area contributed by atoms with Crippen LogP contribution in [0.5, 0.6) is 0 Å². The van der Waals surface area contributed by atoms with E-state index in [0.717, 1.165) is 48.3 Å². The molecule has 4 atom stereocenters. The second-order valence-electron chi connectivity index (χ2n) is 8.50. The van der Waals surface area contributed by atoms with Gasteiger partial charge in [0.15, 0.2) is 11.6 Å². The molecule has 2 saturated carbocycles. The second kappa shape index (κ2) is 8.14.